The molecule has 0 saturated carbocycles. The van der Waals surface area contributed by atoms with Crippen LogP contribution in [0.25, 0.3) is 11.1 Å². The van der Waals surface area contributed by atoms with Crippen LogP contribution in [-0.4, -0.2) is 33.4 Å². The van der Waals surface area contributed by atoms with E-state index in [1.54, 1.807) is 27.8 Å². The minimum atomic E-state index is -4.39. The molecule has 0 radical (unpaired) electrons. The third kappa shape index (κ3) is 8.77. The van der Waals surface area contributed by atoms with Gasteiger partial charge in [-0.1, -0.05) is 67.2 Å². The Kier molecular flexibility index (Phi) is 10.8. The van der Waals surface area contributed by atoms with Crippen molar-refractivity contribution in [2.75, 3.05) is 13.1 Å². The molecule has 0 aliphatic heterocycles. The highest BCUT2D eigenvalue weighted by atomic mass is 32.2. The molecule has 226 valence electrons. The molecule has 1 amide bonds. The molecule has 0 aliphatic rings. The average molecular weight is 613 g/mol. The van der Waals surface area contributed by atoms with Gasteiger partial charge in [-0.05, 0) is 65.9 Å². The molecular formula is C32H32F4N4O2S. The summed E-state index contributed by atoms with van der Waals surface area (Å²) < 4.78 is 53.7. The molecule has 1 heterocycles. The Morgan fingerprint density at radius 2 is 1.56 bits per heavy atom. The van der Waals surface area contributed by atoms with Gasteiger partial charge in [0.05, 0.1) is 5.56 Å². The van der Waals surface area contributed by atoms with Crippen LogP contribution in [0.3, 0.4) is 0 Å². The quantitative estimate of drug-likeness (QED) is 0.115. The number of hydrogen-bond donors (Lipinski definition) is 1. The molecule has 1 aromatic heterocycles. The molecule has 6 nitrogen and oxygen atoms in total. The Morgan fingerprint density at radius 3 is 2.14 bits per heavy atom. The predicted octanol–water partition coefficient (Wildman–Crippen LogP) is 6.30. The first-order valence-corrected chi connectivity index (χ1v) is 14.8. The average Bonchev–Trinajstić information content (AvgIpc) is 2.98. The summed E-state index contributed by atoms with van der Waals surface area (Å²) in [5, 5.41) is 0.376. The summed E-state index contributed by atoms with van der Waals surface area (Å²) in [6.07, 6.45) is -1.71. The number of carbonyl (C=O) groups excluding carboxylic acids is 1. The summed E-state index contributed by atoms with van der Waals surface area (Å²) in [4.78, 5) is 32.1. The van der Waals surface area contributed by atoms with E-state index in [9.17, 15) is 27.2 Å². The van der Waals surface area contributed by atoms with E-state index in [4.69, 9.17) is 5.73 Å². The molecule has 0 spiro atoms. The Hall–Kier alpha value is -3.96. The summed E-state index contributed by atoms with van der Waals surface area (Å²) >= 11 is 1.28. The number of benzene rings is 3. The van der Waals surface area contributed by atoms with Gasteiger partial charge in [0.1, 0.15) is 12.4 Å². The Bertz CT molecular complexity index is 1570. The van der Waals surface area contributed by atoms with Crippen LogP contribution in [-0.2, 0) is 36.2 Å². The first-order chi connectivity index (χ1) is 20.6. The second-order valence-electron chi connectivity index (χ2n) is 10.0. The van der Waals surface area contributed by atoms with E-state index in [1.807, 2.05) is 31.2 Å². The topological polar surface area (TPSA) is 81.2 Å². The van der Waals surface area contributed by atoms with E-state index < -0.39 is 17.3 Å². The maximum absolute atomic E-state index is 13.6. The van der Waals surface area contributed by atoms with Crippen molar-refractivity contribution >= 4 is 17.7 Å². The summed E-state index contributed by atoms with van der Waals surface area (Å²) in [6, 6.07) is 18.4. The van der Waals surface area contributed by atoms with Crippen LogP contribution in [0.15, 0.2) is 88.9 Å². The molecular weight excluding hydrogens is 580 g/mol. The van der Waals surface area contributed by atoms with Crippen LogP contribution in [0.2, 0.25) is 0 Å². The van der Waals surface area contributed by atoms with Crippen molar-refractivity contribution < 1.29 is 22.4 Å². The number of nitrogens with two attached hydrogens (primary N) is 1. The van der Waals surface area contributed by atoms with Gasteiger partial charge in [-0.2, -0.15) is 18.2 Å². The van der Waals surface area contributed by atoms with E-state index in [2.05, 4.69) is 4.98 Å². The van der Waals surface area contributed by atoms with E-state index in [1.165, 1.54) is 36.0 Å². The number of thioether (sulfide) groups is 1. The molecule has 0 atom stereocenters. The fraction of sp³-hybridized carbons (Fsp3) is 0.281. The number of carbonyl (C=O) groups is 1. The summed E-state index contributed by atoms with van der Waals surface area (Å²) in [5.41, 5.74) is 8.13. The number of amides is 1. The lowest BCUT2D eigenvalue weighted by Gasteiger charge is -2.24. The third-order valence-electron chi connectivity index (χ3n) is 6.75. The van der Waals surface area contributed by atoms with Crippen LogP contribution in [0.1, 0.15) is 35.6 Å². The van der Waals surface area contributed by atoms with Gasteiger partial charge in [-0.25, -0.2) is 4.39 Å². The lowest BCUT2D eigenvalue weighted by Crippen LogP contribution is -2.35. The highest BCUT2D eigenvalue weighted by Gasteiger charge is 2.30. The van der Waals surface area contributed by atoms with Gasteiger partial charge in [-0.15, -0.1) is 0 Å². The fourth-order valence-electron chi connectivity index (χ4n) is 4.49. The highest BCUT2D eigenvalue weighted by molar-refractivity contribution is 7.98. The van der Waals surface area contributed by atoms with Crippen molar-refractivity contribution in [1.29, 1.82) is 0 Å². The van der Waals surface area contributed by atoms with Crippen molar-refractivity contribution in [3.05, 3.63) is 117 Å². The molecule has 4 aromatic rings. The molecule has 43 heavy (non-hydrogen) atoms. The summed E-state index contributed by atoms with van der Waals surface area (Å²) in [7, 11) is 0. The lowest BCUT2D eigenvalue weighted by atomic mass is 10.0. The van der Waals surface area contributed by atoms with Crippen molar-refractivity contribution in [3.63, 3.8) is 0 Å². The first-order valence-electron chi connectivity index (χ1n) is 13.8. The van der Waals surface area contributed by atoms with Gasteiger partial charge in [0.25, 0.3) is 5.56 Å². The normalized spacial score (nSPS) is 11.5. The Labute approximate surface area is 251 Å². The van der Waals surface area contributed by atoms with Gasteiger partial charge in [-0.3, -0.25) is 9.59 Å². The maximum atomic E-state index is 13.6. The van der Waals surface area contributed by atoms with Crippen LogP contribution in [0.4, 0.5) is 17.6 Å². The first kappa shape index (κ1) is 32.0. The number of nitrogens with zero attached hydrogens (tertiary/aromatic N) is 3. The van der Waals surface area contributed by atoms with Gasteiger partial charge in [0, 0.05) is 30.6 Å². The molecule has 3 aromatic carbocycles. The van der Waals surface area contributed by atoms with Crippen LogP contribution < -0.4 is 11.3 Å². The largest absolute Gasteiger partial charge is 0.416 e. The summed E-state index contributed by atoms with van der Waals surface area (Å²) in [6.45, 7) is 3.03. The Morgan fingerprint density at radius 1 is 0.953 bits per heavy atom. The van der Waals surface area contributed by atoms with Crippen molar-refractivity contribution in [2.45, 2.75) is 49.9 Å². The Balaban J connectivity index is 1.50. The van der Waals surface area contributed by atoms with E-state index in [0.717, 1.165) is 35.2 Å². The van der Waals surface area contributed by atoms with Gasteiger partial charge >= 0.3 is 6.18 Å². The second-order valence-corrected chi connectivity index (χ2v) is 11.0. The van der Waals surface area contributed by atoms with Crippen molar-refractivity contribution in [3.8, 4) is 11.1 Å². The third-order valence-corrected chi connectivity index (χ3v) is 7.81. The van der Waals surface area contributed by atoms with Crippen LogP contribution in [0.5, 0.6) is 0 Å². The minimum absolute atomic E-state index is 0.0414. The molecule has 0 unspecified atom stereocenters. The number of halogens is 4. The number of rotatable bonds is 12. The second kappa shape index (κ2) is 14.5. The predicted molar refractivity (Wildman–Crippen MR) is 160 cm³/mol. The van der Waals surface area contributed by atoms with E-state index >= 15 is 0 Å². The minimum Gasteiger partial charge on any atom is -0.337 e. The molecule has 0 saturated heterocycles. The lowest BCUT2D eigenvalue weighted by molar-refractivity contribution is -0.137. The fourth-order valence-corrected chi connectivity index (χ4v) is 5.41. The zero-order valence-electron chi connectivity index (χ0n) is 23.6. The van der Waals surface area contributed by atoms with Crippen LogP contribution >= 0.6 is 11.8 Å². The van der Waals surface area contributed by atoms with Gasteiger partial charge in [0.2, 0.25) is 5.91 Å². The molecule has 0 bridgehead atoms. The number of hydrogen-bond acceptors (Lipinski definition) is 5. The molecule has 2 N–H and O–H groups in total. The SMILES string of the molecule is CCCN(Cc1ccc(-c2ccc(C(F)(F)F)cc2)cc1)C(=O)Cn1cc(CCN)c(=O)nc1SCc1ccc(F)cc1. The molecule has 11 heteroatoms. The zero-order valence-corrected chi connectivity index (χ0v) is 24.4. The van der Waals surface area contributed by atoms with Crippen LogP contribution in [0, 0.1) is 5.82 Å². The smallest absolute Gasteiger partial charge is 0.337 e. The van der Waals surface area contributed by atoms with Crippen molar-refractivity contribution in [2.24, 2.45) is 5.73 Å². The van der Waals surface area contributed by atoms with E-state index in [-0.39, 0.29) is 24.8 Å². The summed E-state index contributed by atoms with van der Waals surface area (Å²) in [5.74, 6) is -0.0756. The molecule has 4 rings (SSSR count). The van der Waals surface area contributed by atoms with Gasteiger partial charge in [0.15, 0.2) is 5.16 Å². The standard InChI is InChI=1S/C32H32F4N4O2S/c1-2-17-39(18-22-3-7-24(8-4-22)25-9-11-27(12-10-25)32(34,35)36)29(41)20-40-19-26(15-16-37)30(42)38-31(40)43-21-23-5-13-28(33)14-6-23/h3-14,19H,2,15-18,20-21,37H2,1H3. The zero-order chi connectivity index (χ0) is 31.0. The van der Waals surface area contributed by atoms with Crippen molar-refractivity contribution in [1.82, 2.24) is 14.5 Å². The number of aromatic nitrogens is 2. The van der Waals surface area contributed by atoms with Gasteiger partial charge < -0.3 is 15.2 Å². The molecule has 0 aliphatic carbocycles. The number of alkyl halides is 3. The highest BCUT2D eigenvalue weighted by Crippen LogP contribution is 2.31. The molecule has 0 fully saturated rings. The maximum Gasteiger partial charge on any atom is 0.416 e. The monoisotopic (exact) mass is 612 g/mol. The van der Waals surface area contributed by atoms with E-state index in [0.29, 0.717) is 41.5 Å².